The lowest BCUT2D eigenvalue weighted by Gasteiger charge is -2.14. The number of nitrogens with zero attached hydrogens (tertiary/aromatic N) is 2. The van der Waals surface area contributed by atoms with Gasteiger partial charge in [0.15, 0.2) is 0 Å². The molecule has 0 radical (unpaired) electrons. The van der Waals surface area contributed by atoms with E-state index in [-0.39, 0.29) is 36.8 Å². The van der Waals surface area contributed by atoms with Crippen molar-refractivity contribution in [2.75, 3.05) is 13.2 Å². The number of aromatic nitrogens is 2. The first-order chi connectivity index (χ1) is 14.9. The Kier molecular flexibility index (Phi) is 5.56. The monoisotopic (exact) mass is 425 g/mol. The number of aliphatic hydroxyl groups is 2. The lowest BCUT2D eigenvalue weighted by molar-refractivity contribution is -0.0459. The van der Waals surface area contributed by atoms with Gasteiger partial charge in [-0.3, -0.25) is 28.8 Å². The second-order valence-electron chi connectivity index (χ2n) is 7.18. The summed E-state index contributed by atoms with van der Waals surface area (Å²) < 4.78 is 6.55. The molecule has 1 aromatic heterocycles. The van der Waals surface area contributed by atoms with Crippen LogP contribution >= 0.6 is 0 Å². The average molecular weight is 425 g/mol. The molecule has 2 amide bonds. The van der Waals surface area contributed by atoms with E-state index in [0.717, 1.165) is 9.47 Å². The SMILES string of the molecule is O=C1c2ccccc2C(=O)N1CCC#Cc1cn([C@H]2C[C@H](O)[C@@H](CO)O2)c(=O)[nH]c1=O. The fourth-order valence-corrected chi connectivity index (χ4v) is 3.61. The van der Waals surface area contributed by atoms with Crippen LogP contribution in [0, 0.1) is 11.8 Å². The number of carbonyl (C=O) groups excluding carboxylic acids is 2. The van der Waals surface area contributed by atoms with Crippen molar-refractivity contribution in [2.45, 2.75) is 31.3 Å². The number of benzene rings is 1. The molecule has 1 fully saturated rings. The van der Waals surface area contributed by atoms with E-state index in [1.165, 1.54) is 6.20 Å². The standard InChI is InChI=1S/C21H19N3O7/c25-11-16-15(26)9-17(31-16)24-10-12(18(27)22-21(24)30)5-3-4-8-23-19(28)13-6-1-2-7-14(13)20(23)29/h1-2,6-7,10,15-17,25-26H,4,8-9,11H2,(H,22,27,30)/t15-,16+,17+/m0/s1. The van der Waals surface area contributed by atoms with Crippen molar-refractivity contribution < 1.29 is 24.5 Å². The van der Waals surface area contributed by atoms with Crippen LogP contribution < -0.4 is 11.2 Å². The number of imide groups is 1. The summed E-state index contributed by atoms with van der Waals surface area (Å²) in [6.45, 7) is -0.340. The Morgan fingerprint density at radius 3 is 2.42 bits per heavy atom. The maximum atomic E-state index is 12.3. The lowest BCUT2D eigenvalue weighted by atomic mass is 10.1. The minimum absolute atomic E-state index is 0.00695. The van der Waals surface area contributed by atoms with Crippen LogP contribution in [0.4, 0.5) is 0 Å². The Balaban J connectivity index is 1.48. The highest BCUT2D eigenvalue weighted by molar-refractivity contribution is 6.21. The van der Waals surface area contributed by atoms with Crippen molar-refractivity contribution in [3.05, 3.63) is 68.0 Å². The van der Waals surface area contributed by atoms with Gasteiger partial charge in [0.1, 0.15) is 17.9 Å². The Bertz CT molecular complexity index is 1180. The number of H-pyrrole nitrogens is 1. The highest BCUT2D eigenvalue weighted by Gasteiger charge is 2.35. The summed E-state index contributed by atoms with van der Waals surface area (Å²) in [7, 11) is 0. The molecule has 3 atom stereocenters. The zero-order chi connectivity index (χ0) is 22.1. The Hall–Kier alpha value is -3.52. The molecule has 3 N–H and O–H groups in total. The summed E-state index contributed by atoms with van der Waals surface area (Å²) in [5.41, 5.74) is -0.718. The van der Waals surface area contributed by atoms with Crippen molar-refractivity contribution in [2.24, 2.45) is 0 Å². The predicted molar refractivity (Wildman–Crippen MR) is 106 cm³/mol. The zero-order valence-corrected chi connectivity index (χ0v) is 16.3. The molecule has 0 unspecified atom stereocenters. The average Bonchev–Trinajstić information content (AvgIpc) is 3.24. The molecule has 31 heavy (non-hydrogen) atoms. The molecule has 2 aliphatic heterocycles. The number of amides is 2. The van der Waals surface area contributed by atoms with Crippen LogP contribution in [0.2, 0.25) is 0 Å². The predicted octanol–water partition coefficient (Wildman–Crippen LogP) is -0.785. The van der Waals surface area contributed by atoms with Crippen molar-refractivity contribution in [1.29, 1.82) is 0 Å². The summed E-state index contributed by atoms with van der Waals surface area (Å²) in [5, 5.41) is 19.1. The van der Waals surface area contributed by atoms with Gasteiger partial charge in [0, 0.05) is 25.6 Å². The van der Waals surface area contributed by atoms with Gasteiger partial charge in [-0.15, -0.1) is 0 Å². The summed E-state index contributed by atoms with van der Waals surface area (Å²) in [5.74, 6) is 4.62. The maximum Gasteiger partial charge on any atom is 0.330 e. The summed E-state index contributed by atoms with van der Waals surface area (Å²) >= 11 is 0. The van der Waals surface area contributed by atoms with Gasteiger partial charge < -0.3 is 14.9 Å². The topological polar surface area (TPSA) is 142 Å². The highest BCUT2D eigenvalue weighted by atomic mass is 16.5. The van der Waals surface area contributed by atoms with Gasteiger partial charge >= 0.3 is 5.69 Å². The smallest absolute Gasteiger partial charge is 0.330 e. The van der Waals surface area contributed by atoms with Gasteiger partial charge in [0.05, 0.1) is 23.8 Å². The molecule has 3 heterocycles. The number of aromatic amines is 1. The Labute approximate surface area is 175 Å². The van der Waals surface area contributed by atoms with Crippen LogP contribution in [0.25, 0.3) is 0 Å². The van der Waals surface area contributed by atoms with Gasteiger partial charge in [-0.1, -0.05) is 24.0 Å². The van der Waals surface area contributed by atoms with E-state index in [9.17, 15) is 29.4 Å². The number of hydrogen-bond donors (Lipinski definition) is 3. The maximum absolute atomic E-state index is 12.3. The number of nitrogens with one attached hydrogen (secondary N) is 1. The molecule has 0 bridgehead atoms. The molecule has 0 spiro atoms. The summed E-state index contributed by atoms with van der Waals surface area (Å²) in [4.78, 5) is 52.1. The third-order valence-corrected chi connectivity index (χ3v) is 5.22. The molecule has 160 valence electrons. The van der Waals surface area contributed by atoms with Crippen molar-refractivity contribution in [3.63, 3.8) is 0 Å². The third-order valence-electron chi connectivity index (χ3n) is 5.22. The number of fused-ring (bicyclic) bond motifs is 1. The summed E-state index contributed by atoms with van der Waals surface area (Å²) in [6.07, 6.45) is -1.18. The highest BCUT2D eigenvalue weighted by Crippen LogP contribution is 2.27. The van der Waals surface area contributed by atoms with Gasteiger partial charge in [-0.2, -0.15) is 0 Å². The summed E-state index contributed by atoms with van der Waals surface area (Å²) in [6, 6.07) is 6.55. The number of aliphatic hydroxyl groups excluding tert-OH is 2. The van der Waals surface area contributed by atoms with Crippen LogP contribution in [0.15, 0.2) is 40.1 Å². The Morgan fingerprint density at radius 1 is 1.13 bits per heavy atom. The van der Waals surface area contributed by atoms with Crippen LogP contribution in [0.1, 0.15) is 45.3 Å². The second kappa shape index (κ2) is 8.31. The Morgan fingerprint density at radius 2 is 1.81 bits per heavy atom. The molecule has 1 saturated heterocycles. The van der Waals surface area contributed by atoms with E-state index in [2.05, 4.69) is 16.8 Å². The molecule has 0 aliphatic carbocycles. The number of rotatable bonds is 4. The third kappa shape index (κ3) is 3.82. The molecule has 0 saturated carbocycles. The second-order valence-corrected chi connectivity index (χ2v) is 7.18. The normalized spacial score (nSPS) is 22.4. The molecule has 2 aromatic rings. The number of hydrogen-bond acceptors (Lipinski definition) is 7. The molecule has 1 aromatic carbocycles. The number of carbonyl (C=O) groups is 2. The molecule has 2 aliphatic rings. The van der Waals surface area contributed by atoms with Crippen LogP contribution in [-0.2, 0) is 4.74 Å². The molecule has 10 heteroatoms. The fourth-order valence-electron chi connectivity index (χ4n) is 3.61. The largest absolute Gasteiger partial charge is 0.394 e. The van der Waals surface area contributed by atoms with E-state index in [1.807, 2.05) is 0 Å². The van der Waals surface area contributed by atoms with E-state index in [0.29, 0.717) is 11.1 Å². The molecular weight excluding hydrogens is 406 g/mol. The van der Waals surface area contributed by atoms with Crippen molar-refractivity contribution >= 4 is 11.8 Å². The van der Waals surface area contributed by atoms with Crippen LogP contribution in [-0.4, -0.2) is 61.8 Å². The number of ether oxygens (including phenoxy) is 1. The van der Waals surface area contributed by atoms with Gasteiger partial charge in [0.2, 0.25) is 0 Å². The van der Waals surface area contributed by atoms with Gasteiger partial charge in [-0.25, -0.2) is 4.79 Å². The van der Waals surface area contributed by atoms with Crippen LogP contribution in [0.5, 0.6) is 0 Å². The fraction of sp³-hybridized carbons (Fsp3) is 0.333. The van der Waals surface area contributed by atoms with E-state index >= 15 is 0 Å². The molecular formula is C21H19N3O7. The van der Waals surface area contributed by atoms with E-state index < -0.39 is 36.3 Å². The minimum atomic E-state index is -0.942. The molecule has 4 rings (SSSR count). The first kappa shape index (κ1) is 20.7. The lowest BCUT2D eigenvalue weighted by Crippen LogP contribution is -2.33. The van der Waals surface area contributed by atoms with Crippen molar-refractivity contribution in [3.8, 4) is 11.8 Å². The minimum Gasteiger partial charge on any atom is -0.394 e. The zero-order valence-electron chi connectivity index (χ0n) is 16.3. The van der Waals surface area contributed by atoms with Gasteiger partial charge in [-0.05, 0) is 12.1 Å². The first-order valence-corrected chi connectivity index (χ1v) is 9.64. The first-order valence-electron chi connectivity index (χ1n) is 9.64. The van der Waals surface area contributed by atoms with Gasteiger partial charge in [0.25, 0.3) is 17.4 Å². The van der Waals surface area contributed by atoms with E-state index in [1.54, 1.807) is 24.3 Å². The van der Waals surface area contributed by atoms with Crippen molar-refractivity contribution in [1.82, 2.24) is 14.5 Å². The van der Waals surface area contributed by atoms with Crippen LogP contribution in [0.3, 0.4) is 0 Å². The van der Waals surface area contributed by atoms with E-state index in [4.69, 9.17) is 4.74 Å². The quantitative estimate of drug-likeness (QED) is 0.431. The molecule has 10 nitrogen and oxygen atoms in total.